The van der Waals surface area contributed by atoms with Crippen molar-refractivity contribution < 1.29 is 9.21 Å². The first kappa shape index (κ1) is 22.0. The Morgan fingerprint density at radius 2 is 1.94 bits per heavy atom. The van der Waals surface area contributed by atoms with Gasteiger partial charge in [0.1, 0.15) is 11.3 Å². The first-order valence-electron chi connectivity index (χ1n) is 11.4. The second-order valence-electron chi connectivity index (χ2n) is 8.66. The number of benzene rings is 1. The minimum atomic E-state index is -0.297. The van der Waals surface area contributed by atoms with Gasteiger partial charge in [-0.15, -0.1) is 0 Å². The largest absolute Gasteiger partial charge is 0.443 e. The van der Waals surface area contributed by atoms with E-state index in [-0.39, 0.29) is 11.7 Å². The van der Waals surface area contributed by atoms with Gasteiger partial charge < -0.3 is 14.6 Å². The molecule has 0 aliphatic carbocycles. The molecular formula is C27H27N5O2. The van der Waals surface area contributed by atoms with E-state index in [1.54, 1.807) is 18.3 Å². The fraction of sp³-hybridized carbons (Fsp3) is 0.259. The number of aryl methyl sites for hydroxylation is 1. The maximum Gasteiger partial charge on any atom is 0.291 e. The number of piperazine rings is 1. The van der Waals surface area contributed by atoms with Crippen LogP contribution in [0.3, 0.4) is 0 Å². The molecule has 0 saturated carbocycles. The molecule has 0 radical (unpaired) electrons. The standard InChI is InChI=1S/C27H27N5O2/c1-20-17-22(7-6-21(20)19-31-15-13-30(2)14-16-31)29-27(33)25-11-10-24(34-25)9-8-23-18-28-26-5-3-4-12-32(23)26/h3-7,10-12,17-18H,13-16,19H2,1-2H3,(H,29,33). The van der Waals surface area contributed by atoms with Crippen LogP contribution in [0.2, 0.25) is 0 Å². The van der Waals surface area contributed by atoms with E-state index in [1.807, 2.05) is 40.9 Å². The molecule has 0 unspecified atom stereocenters. The Kier molecular flexibility index (Phi) is 6.17. The Hall–Kier alpha value is -3.86. The summed E-state index contributed by atoms with van der Waals surface area (Å²) in [5.74, 6) is 6.38. The van der Waals surface area contributed by atoms with Crippen molar-refractivity contribution in [3.05, 3.63) is 89.3 Å². The van der Waals surface area contributed by atoms with E-state index in [1.165, 1.54) is 5.56 Å². The highest BCUT2D eigenvalue weighted by Gasteiger charge is 2.16. The number of hydrogen-bond donors (Lipinski definition) is 1. The molecule has 4 heterocycles. The Morgan fingerprint density at radius 3 is 2.76 bits per heavy atom. The lowest BCUT2D eigenvalue weighted by atomic mass is 10.1. The number of hydrogen-bond acceptors (Lipinski definition) is 5. The third-order valence-electron chi connectivity index (χ3n) is 6.15. The number of rotatable bonds is 4. The quantitative estimate of drug-likeness (QED) is 0.478. The SMILES string of the molecule is Cc1cc(NC(=O)c2ccc(C#Cc3cnc4ccccn34)o2)ccc1CN1CCN(C)CC1. The number of anilines is 1. The van der Waals surface area contributed by atoms with E-state index >= 15 is 0 Å². The molecule has 5 rings (SSSR count). The van der Waals surface area contributed by atoms with Crippen LogP contribution >= 0.6 is 0 Å². The van der Waals surface area contributed by atoms with Gasteiger partial charge in [-0.05, 0) is 73.3 Å². The number of nitrogens with zero attached hydrogens (tertiary/aromatic N) is 4. The lowest BCUT2D eigenvalue weighted by molar-refractivity contribution is 0.0996. The Labute approximate surface area is 199 Å². The van der Waals surface area contributed by atoms with Crippen molar-refractivity contribution >= 4 is 17.2 Å². The molecule has 4 aromatic rings. The van der Waals surface area contributed by atoms with Gasteiger partial charge in [-0.1, -0.05) is 12.1 Å². The number of carbonyl (C=O) groups excluding carboxylic acids is 1. The predicted molar refractivity (Wildman–Crippen MR) is 132 cm³/mol. The summed E-state index contributed by atoms with van der Waals surface area (Å²) < 4.78 is 7.57. The van der Waals surface area contributed by atoms with Crippen LogP contribution in [0.5, 0.6) is 0 Å². The zero-order chi connectivity index (χ0) is 23.5. The number of fused-ring (bicyclic) bond motifs is 1. The van der Waals surface area contributed by atoms with Crippen LogP contribution in [0.4, 0.5) is 5.69 Å². The summed E-state index contributed by atoms with van der Waals surface area (Å²) in [5, 5.41) is 2.93. The summed E-state index contributed by atoms with van der Waals surface area (Å²) in [4.78, 5) is 21.8. The molecule has 1 fully saturated rings. The molecule has 1 N–H and O–H groups in total. The van der Waals surface area contributed by atoms with E-state index in [0.717, 1.165) is 55.3 Å². The van der Waals surface area contributed by atoms with Gasteiger partial charge in [0, 0.05) is 44.6 Å². The van der Waals surface area contributed by atoms with Crippen LogP contribution in [0.1, 0.15) is 33.1 Å². The van der Waals surface area contributed by atoms with Crippen molar-refractivity contribution in [1.82, 2.24) is 19.2 Å². The topological polar surface area (TPSA) is 66.0 Å². The molecule has 0 bridgehead atoms. The second-order valence-corrected chi connectivity index (χ2v) is 8.66. The molecule has 1 aliphatic heterocycles. The van der Waals surface area contributed by atoms with Gasteiger partial charge in [0.25, 0.3) is 5.91 Å². The Balaban J connectivity index is 1.23. The summed E-state index contributed by atoms with van der Waals surface area (Å²) in [6.45, 7) is 7.37. The smallest absolute Gasteiger partial charge is 0.291 e. The minimum absolute atomic E-state index is 0.224. The molecule has 1 saturated heterocycles. The van der Waals surface area contributed by atoms with Crippen LogP contribution in [0.15, 0.2) is 65.3 Å². The van der Waals surface area contributed by atoms with Crippen LogP contribution in [-0.4, -0.2) is 58.3 Å². The number of likely N-dealkylation sites (N-methyl/N-ethyl adjacent to an activating group) is 1. The highest BCUT2D eigenvalue weighted by molar-refractivity contribution is 6.02. The lowest BCUT2D eigenvalue weighted by Gasteiger charge is -2.32. The Morgan fingerprint density at radius 1 is 1.09 bits per heavy atom. The monoisotopic (exact) mass is 453 g/mol. The maximum absolute atomic E-state index is 12.7. The van der Waals surface area contributed by atoms with E-state index in [4.69, 9.17) is 4.42 Å². The zero-order valence-corrected chi connectivity index (χ0v) is 19.4. The van der Waals surface area contributed by atoms with Crippen LogP contribution in [0, 0.1) is 18.8 Å². The van der Waals surface area contributed by atoms with Gasteiger partial charge >= 0.3 is 0 Å². The van der Waals surface area contributed by atoms with Gasteiger partial charge in [-0.25, -0.2) is 4.98 Å². The lowest BCUT2D eigenvalue weighted by Crippen LogP contribution is -2.43. The van der Waals surface area contributed by atoms with Gasteiger partial charge in [-0.3, -0.25) is 14.1 Å². The predicted octanol–water partition coefficient (Wildman–Crippen LogP) is 3.64. The molecule has 1 amide bonds. The van der Waals surface area contributed by atoms with E-state index in [0.29, 0.717) is 5.76 Å². The maximum atomic E-state index is 12.7. The molecule has 0 atom stereocenters. The first-order chi connectivity index (χ1) is 16.5. The summed E-state index contributed by atoms with van der Waals surface area (Å²) in [6, 6.07) is 15.2. The highest BCUT2D eigenvalue weighted by atomic mass is 16.3. The molecule has 3 aromatic heterocycles. The van der Waals surface area contributed by atoms with Gasteiger partial charge in [0.15, 0.2) is 11.5 Å². The van der Waals surface area contributed by atoms with Crippen molar-refractivity contribution in [3.63, 3.8) is 0 Å². The van der Waals surface area contributed by atoms with Crippen molar-refractivity contribution in [2.75, 3.05) is 38.5 Å². The normalized spacial score (nSPS) is 14.6. The van der Waals surface area contributed by atoms with Crippen molar-refractivity contribution in [1.29, 1.82) is 0 Å². The average molecular weight is 454 g/mol. The van der Waals surface area contributed by atoms with Gasteiger partial charge in [0.05, 0.1) is 6.20 Å². The van der Waals surface area contributed by atoms with E-state index in [9.17, 15) is 4.79 Å². The van der Waals surface area contributed by atoms with Crippen LogP contribution in [0.25, 0.3) is 5.65 Å². The molecule has 172 valence electrons. The van der Waals surface area contributed by atoms with Gasteiger partial charge in [-0.2, -0.15) is 0 Å². The molecular weight excluding hydrogens is 426 g/mol. The Bertz CT molecular complexity index is 1380. The summed E-state index contributed by atoms with van der Waals surface area (Å²) >= 11 is 0. The summed E-state index contributed by atoms with van der Waals surface area (Å²) in [5.41, 5.74) is 4.78. The number of aromatic nitrogens is 2. The van der Waals surface area contributed by atoms with Crippen molar-refractivity contribution in [2.24, 2.45) is 0 Å². The molecule has 34 heavy (non-hydrogen) atoms. The number of carbonyl (C=O) groups is 1. The highest BCUT2D eigenvalue weighted by Crippen LogP contribution is 2.19. The number of nitrogens with one attached hydrogen (secondary N) is 1. The first-order valence-corrected chi connectivity index (χ1v) is 11.4. The molecule has 0 spiro atoms. The van der Waals surface area contributed by atoms with E-state index in [2.05, 4.69) is 52.0 Å². The second kappa shape index (κ2) is 9.56. The number of amides is 1. The number of pyridine rings is 1. The van der Waals surface area contributed by atoms with E-state index < -0.39 is 0 Å². The van der Waals surface area contributed by atoms with Crippen LogP contribution in [-0.2, 0) is 6.54 Å². The third-order valence-corrected chi connectivity index (χ3v) is 6.15. The number of imidazole rings is 1. The molecule has 1 aromatic carbocycles. The van der Waals surface area contributed by atoms with Crippen molar-refractivity contribution in [2.45, 2.75) is 13.5 Å². The average Bonchev–Trinajstić information content (AvgIpc) is 3.48. The molecule has 7 nitrogen and oxygen atoms in total. The third kappa shape index (κ3) is 4.88. The van der Waals surface area contributed by atoms with Crippen molar-refractivity contribution in [3.8, 4) is 11.8 Å². The number of furan rings is 1. The molecule has 1 aliphatic rings. The molecule has 7 heteroatoms. The summed E-state index contributed by atoms with van der Waals surface area (Å²) in [6.07, 6.45) is 3.63. The minimum Gasteiger partial charge on any atom is -0.443 e. The fourth-order valence-electron chi connectivity index (χ4n) is 4.07. The summed E-state index contributed by atoms with van der Waals surface area (Å²) in [7, 11) is 2.16. The fourth-order valence-corrected chi connectivity index (χ4v) is 4.07. The zero-order valence-electron chi connectivity index (χ0n) is 19.4. The van der Waals surface area contributed by atoms with Gasteiger partial charge in [0.2, 0.25) is 0 Å². The van der Waals surface area contributed by atoms with Crippen LogP contribution < -0.4 is 5.32 Å².